The van der Waals surface area contributed by atoms with E-state index in [1.165, 1.54) is 0 Å². The molecule has 2 rings (SSSR count). The highest BCUT2D eigenvalue weighted by molar-refractivity contribution is 6.35. The maximum atomic E-state index is 11.8. The lowest BCUT2D eigenvalue weighted by molar-refractivity contribution is -0.139. The Bertz CT molecular complexity index is 656. The van der Waals surface area contributed by atoms with Crippen LogP contribution in [0.1, 0.15) is 24.0 Å². The van der Waals surface area contributed by atoms with Crippen LogP contribution in [-0.2, 0) is 16.1 Å². The number of carbonyl (C=O) groups is 2. The van der Waals surface area contributed by atoms with Crippen molar-refractivity contribution in [2.75, 3.05) is 6.54 Å². The molecule has 0 unspecified atom stereocenters. The van der Waals surface area contributed by atoms with E-state index >= 15 is 0 Å². The fourth-order valence-electron chi connectivity index (χ4n) is 2.09. The predicted octanol–water partition coefficient (Wildman–Crippen LogP) is 2.88. The quantitative estimate of drug-likeness (QED) is 0.828. The van der Waals surface area contributed by atoms with Crippen molar-refractivity contribution < 1.29 is 9.59 Å². The van der Waals surface area contributed by atoms with E-state index in [-0.39, 0.29) is 12.5 Å². The molecule has 120 valence electrons. The van der Waals surface area contributed by atoms with Crippen LogP contribution >= 0.6 is 11.6 Å². The summed E-state index contributed by atoms with van der Waals surface area (Å²) in [6, 6.07) is 16.9. The molecule has 1 atom stereocenters. The average Bonchev–Trinajstić information content (AvgIpc) is 2.59. The van der Waals surface area contributed by atoms with Crippen molar-refractivity contribution in [1.82, 2.24) is 10.6 Å². The van der Waals surface area contributed by atoms with Crippen molar-refractivity contribution in [3.8, 4) is 0 Å². The zero-order valence-electron chi connectivity index (χ0n) is 12.9. The highest BCUT2D eigenvalue weighted by Crippen LogP contribution is 2.13. The van der Waals surface area contributed by atoms with Gasteiger partial charge in [0.15, 0.2) is 0 Å². The van der Waals surface area contributed by atoms with Crippen LogP contribution in [-0.4, -0.2) is 18.4 Å². The minimum Gasteiger partial charge on any atom is -0.347 e. The Labute approximate surface area is 140 Å². The third kappa shape index (κ3) is 5.42. The first-order valence-electron chi connectivity index (χ1n) is 7.41. The Morgan fingerprint density at radius 3 is 2.22 bits per heavy atom. The average molecular weight is 331 g/mol. The molecule has 0 aliphatic carbocycles. The van der Waals surface area contributed by atoms with Crippen LogP contribution in [0.25, 0.3) is 0 Å². The van der Waals surface area contributed by atoms with Gasteiger partial charge < -0.3 is 10.6 Å². The smallest absolute Gasteiger partial charge is 0.309 e. The molecule has 0 saturated carbocycles. The fraction of sp³-hybridized carbons (Fsp3) is 0.222. The Kier molecular flexibility index (Phi) is 6.18. The Balaban J connectivity index is 1.76. The summed E-state index contributed by atoms with van der Waals surface area (Å²) in [5.41, 5.74) is 2.00. The van der Waals surface area contributed by atoms with Crippen LogP contribution in [0.3, 0.4) is 0 Å². The van der Waals surface area contributed by atoms with Crippen LogP contribution in [0.2, 0.25) is 5.02 Å². The molecule has 2 N–H and O–H groups in total. The molecule has 0 bridgehead atoms. The lowest BCUT2D eigenvalue weighted by Gasteiger charge is -2.13. The number of benzene rings is 2. The lowest BCUT2D eigenvalue weighted by atomic mass is 10.0. The van der Waals surface area contributed by atoms with Gasteiger partial charge in [0.25, 0.3) is 0 Å². The van der Waals surface area contributed by atoms with Crippen LogP contribution in [0, 0.1) is 0 Å². The molecule has 0 saturated heterocycles. The summed E-state index contributed by atoms with van der Waals surface area (Å²) in [7, 11) is 0. The molecule has 2 amide bonds. The van der Waals surface area contributed by atoms with Gasteiger partial charge in [0.05, 0.1) is 0 Å². The van der Waals surface area contributed by atoms with Crippen LogP contribution < -0.4 is 10.6 Å². The molecular formula is C18H19ClN2O2. The number of hydrogen-bond donors (Lipinski definition) is 2. The summed E-state index contributed by atoms with van der Waals surface area (Å²) in [5.74, 6) is -1.12. The summed E-state index contributed by atoms with van der Waals surface area (Å²) >= 11 is 5.79. The van der Waals surface area contributed by atoms with E-state index < -0.39 is 11.8 Å². The van der Waals surface area contributed by atoms with Gasteiger partial charge in [-0.25, -0.2) is 0 Å². The van der Waals surface area contributed by atoms with E-state index in [4.69, 9.17) is 11.6 Å². The van der Waals surface area contributed by atoms with Crippen molar-refractivity contribution >= 4 is 23.4 Å². The largest absolute Gasteiger partial charge is 0.347 e. The summed E-state index contributed by atoms with van der Waals surface area (Å²) in [4.78, 5) is 23.6. The molecule has 0 heterocycles. The zero-order chi connectivity index (χ0) is 16.7. The summed E-state index contributed by atoms with van der Waals surface area (Å²) in [5, 5.41) is 5.87. The fourth-order valence-corrected chi connectivity index (χ4v) is 2.22. The van der Waals surface area contributed by atoms with E-state index in [9.17, 15) is 9.59 Å². The van der Waals surface area contributed by atoms with Gasteiger partial charge in [-0.1, -0.05) is 61.0 Å². The number of amides is 2. The molecule has 0 aromatic heterocycles. The molecule has 0 spiro atoms. The predicted molar refractivity (Wildman–Crippen MR) is 91.2 cm³/mol. The van der Waals surface area contributed by atoms with Crippen molar-refractivity contribution in [3.63, 3.8) is 0 Å². The second-order valence-corrected chi connectivity index (χ2v) is 5.77. The van der Waals surface area contributed by atoms with Crippen LogP contribution in [0.4, 0.5) is 0 Å². The number of rotatable bonds is 5. The first-order chi connectivity index (χ1) is 11.1. The van der Waals surface area contributed by atoms with Gasteiger partial charge in [-0.15, -0.1) is 0 Å². The van der Waals surface area contributed by atoms with Gasteiger partial charge in [-0.2, -0.15) is 0 Å². The summed E-state index contributed by atoms with van der Waals surface area (Å²) in [6.07, 6.45) is 0. The zero-order valence-corrected chi connectivity index (χ0v) is 13.6. The molecule has 0 aliphatic rings. The van der Waals surface area contributed by atoms with E-state index in [1.54, 1.807) is 24.3 Å². The second kappa shape index (κ2) is 8.34. The van der Waals surface area contributed by atoms with Gasteiger partial charge in [0.1, 0.15) is 0 Å². The van der Waals surface area contributed by atoms with Crippen LogP contribution in [0.5, 0.6) is 0 Å². The minimum absolute atomic E-state index is 0.143. The van der Waals surface area contributed by atoms with E-state index in [2.05, 4.69) is 10.6 Å². The number of nitrogens with one attached hydrogen (secondary N) is 2. The third-order valence-corrected chi connectivity index (χ3v) is 3.76. The summed E-state index contributed by atoms with van der Waals surface area (Å²) < 4.78 is 0. The number of halogens is 1. The molecule has 2 aromatic rings. The number of hydrogen-bond acceptors (Lipinski definition) is 2. The van der Waals surface area contributed by atoms with Gasteiger partial charge in [-0.3, -0.25) is 9.59 Å². The highest BCUT2D eigenvalue weighted by atomic mass is 35.5. The monoisotopic (exact) mass is 330 g/mol. The maximum absolute atomic E-state index is 11.8. The minimum atomic E-state index is -0.639. The molecule has 0 radical (unpaired) electrons. The standard InChI is InChI=1S/C18H19ClN2O2/c1-13(15-5-3-2-4-6-15)11-20-17(22)18(23)21-12-14-7-9-16(19)10-8-14/h2-10,13H,11-12H2,1H3,(H,20,22)(H,21,23)/t13-/m0/s1. The Hall–Kier alpha value is -2.33. The van der Waals surface area contributed by atoms with Crippen molar-refractivity contribution in [2.45, 2.75) is 19.4 Å². The first kappa shape index (κ1) is 17.0. The number of carbonyl (C=O) groups excluding carboxylic acids is 2. The van der Waals surface area contributed by atoms with Gasteiger partial charge in [0, 0.05) is 18.1 Å². The van der Waals surface area contributed by atoms with Crippen molar-refractivity contribution in [1.29, 1.82) is 0 Å². The molecule has 4 nitrogen and oxygen atoms in total. The molecule has 0 aliphatic heterocycles. The normalized spacial score (nSPS) is 11.6. The molecule has 23 heavy (non-hydrogen) atoms. The first-order valence-corrected chi connectivity index (χ1v) is 7.79. The Morgan fingerprint density at radius 1 is 0.957 bits per heavy atom. The second-order valence-electron chi connectivity index (χ2n) is 5.33. The van der Waals surface area contributed by atoms with E-state index in [1.807, 2.05) is 37.3 Å². The molecular weight excluding hydrogens is 312 g/mol. The molecule has 5 heteroatoms. The maximum Gasteiger partial charge on any atom is 0.309 e. The molecule has 0 fully saturated rings. The molecule has 2 aromatic carbocycles. The van der Waals surface area contributed by atoms with E-state index in [0.29, 0.717) is 11.6 Å². The van der Waals surface area contributed by atoms with Crippen molar-refractivity contribution in [2.24, 2.45) is 0 Å². The lowest BCUT2D eigenvalue weighted by Crippen LogP contribution is -2.40. The van der Waals surface area contributed by atoms with Crippen molar-refractivity contribution in [3.05, 3.63) is 70.7 Å². The van der Waals surface area contributed by atoms with E-state index in [0.717, 1.165) is 11.1 Å². The van der Waals surface area contributed by atoms with Gasteiger partial charge >= 0.3 is 11.8 Å². The van der Waals surface area contributed by atoms with Gasteiger partial charge in [0.2, 0.25) is 0 Å². The highest BCUT2D eigenvalue weighted by Gasteiger charge is 2.14. The third-order valence-electron chi connectivity index (χ3n) is 3.51. The van der Waals surface area contributed by atoms with Crippen LogP contribution in [0.15, 0.2) is 54.6 Å². The van der Waals surface area contributed by atoms with Gasteiger partial charge in [-0.05, 0) is 29.2 Å². The summed E-state index contributed by atoms with van der Waals surface area (Å²) in [6.45, 7) is 2.70. The topological polar surface area (TPSA) is 58.2 Å². The SMILES string of the molecule is C[C@@H](CNC(=O)C(=O)NCc1ccc(Cl)cc1)c1ccccc1. The Morgan fingerprint density at radius 2 is 1.57 bits per heavy atom.